The van der Waals surface area contributed by atoms with E-state index >= 15 is 0 Å². The number of carboxylic acids is 1. The molecule has 1 aromatic rings. The van der Waals surface area contributed by atoms with Crippen molar-refractivity contribution in [1.29, 1.82) is 0 Å². The molecular weight excluding hydrogens is 354 g/mol. The molecule has 0 spiro atoms. The Hall–Kier alpha value is -1.60. The molecule has 6 nitrogen and oxygen atoms in total. The van der Waals surface area contributed by atoms with E-state index in [1.807, 2.05) is 0 Å². The van der Waals surface area contributed by atoms with Crippen molar-refractivity contribution >= 4 is 27.8 Å². The van der Waals surface area contributed by atoms with E-state index in [0.717, 1.165) is 6.42 Å². The summed E-state index contributed by atoms with van der Waals surface area (Å²) in [5.41, 5.74) is 0.477. The van der Waals surface area contributed by atoms with Crippen LogP contribution in [-0.4, -0.2) is 37.8 Å². The summed E-state index contributed by atoms with van der Waals surface area (Å²) in [4.78, 5) is 23.2. The van der Waals surface area contributed by atoms with Crippen LogP contribution < -0.4 is 10.1 Å². The highest BCUT2D eigenvalue weighted by Gasteiger charge is 2.22. The fourth-order valence-electron chi connectivity index (χ4n) is 1.91. The number of ether oxygens (including phenoxy) is 2. The van der Waals surface area contributed by atoms with Gasteiger partial charge < -0.3 is 19.9 Å². The topological polar surface area (TPSA) is 84.9 Å². The maximum Gasteiger partial charge on any atom is 0.330 e. The average Bonchev–Trinajstić information content (AvgIpc) is 2.49. The molecule has 22 heavy (non-hydrogen) atoms. The third kappa shape index (κ3) is 5.65. The zero-order chi connectivity index (χ0) is 16.5. The molecule has 1 atom stereocenters. The lowest BCUT2D eigenvalue weighted by atomic mass is 10.1. The van der Waals surface area contributed by atoms with Gasteiger partial charge in [-0.15, -0.1) is 0 Å². The van der Waals surface area contributed by atoms with E-state index in [4.69, 9.17) is 9.47 Å². The number of rotatable bonds is 9. The second-order valence-corrected chi connectivity index (χ2v) is 5.54. The van der Waals surface area contributed by atoms with Gasteiger partial charge in [0.15, 0.2) is 6.04 Å². The lowest BCUT2D eigenvalue weighted by Crippen LogP contribution is -2.33. The smallest absolute Gasteiger partial charge is 0.330 e. The Bertz CT molecular complexity index is 521. The van der Waals surface area contributed by atoms with E-state index in [1.165, 1.54) is 7.11 Å². The van der Waals surface area contributed by atoms with Crippen LogP contribution in [0.5, 0.6) is 5.75 Å². The summed E-state index contributed by atoms with van der Waals surface area (Å²) in [5.74, 6) is -0.809. The molecule has 1 aromatic carbocycles. The van der Waals surface area contributed by atoms with Gasteiger partial charge in [0.05, 0.1) is 11.6 Å². The zero-order valence-electron chi connectivity index (χ0n) is 12.6. The van der Waals surface area contributed by atoms with Crippen LogP contribution in [0.4, 0.5) is 0 Å². The van der Waals surface area contributed by atoms with Crippen molar-refractivity contribution in [2.45, 2.75) is 25.3 Å². The molecule has 0 aliphatic carbocycles. The minimum atomic E-state index is -1.11. The highest BCUT2D eigenvalue weighted by Crippen LogP contribution is 2.28. The average molecular weight is 374 g/mol. The van der Waals surface area contributed by atoms with E-state index in [9.17, 15) is 14.7 Å². The zero-order valence-corrected chi connectivity index (χ0v) is 14.2. The van der Waals surface area contributed by atoms with Gasteiger partial charge in [-0.25, -0.2) is 4.79 Å². The quantitative estimate of drug-likeness (QED) is 0.649. The van der Waals surface area contributed by atoms with Crippen LogP contribution in [0.25, 0.3) is 0 Å². The Morgan fingerprint density at radius 1 is 1.32 bits per heavy atom. The van der Waals surface area contributed by atoms with Crippen LogP contribution in [0.15, 0.2) is 22.7 Å². The highest BCUT2D eigenvalue weighted by molar-refractivity contribution is 9.10. The van der Waals surface area contributed by atoms with Crippen molar-refractivity contribution in [3.8, 4) is 5.75 Å². The Morgan fingerprint density at radius 2 is 2.05 bits per heavy atom. The second kappa shape index (κ2) is 9.42. The number of unbranched alkanes of at least 4 members (excludes halogenated alkanes) is 1. The molecule has 0 bridgehead atoms. The maximum absolute atomic E-state index is 11.9. The van der Waals surface area contributed by atoms with E-state index in [2.05, 4.69) is 21.2 Å². The normalized spacial score (nSPS) is 11.8. The molecule has 0 aliphatic heterocycles. The first-order valence-corrected chi connectivity index (χ1v) is 7.63. The number of nitrogens with one attached hydrogen (secondary N) is 1. The minimum absolute atomic E-state index is 0.268. The molecule has 0 saturated heterocycles. The summed E-state index contributed by atoms with van der Waals surface area (Å²) in [5, 5.41) is 11.9. The van der Waals surface area contributed by atoms with E-state index in [0.29, 0.717) is 28.8 Å². The molecule has 1 unspecified atom stereocenters. The molecule has 0 fully saturated rings. The standard InChI is InChI=1S/C15H20BrNO5/c1-21-8-4-3-5-13(18)17-14(15(19)20)10-6-7-12(22-2)11(16)9-10/h6-7,9,14H,3-5,8H2,1-2H3,(H,17,18)(H,19,20). The molecule has 0 aliphatic rings. The maximum atomic E-state index is 11.9. The van der Waals surface area contributed by atoms with Crippen LogP contribution in [-0.2, 0) is 14.3 Å². The van der Waals surface area contributed by atoms with Crippen molar-refractivity contribution < 1.29 is 24.2 Å². The fourth-order valence-corrected chi connectivity index (χ4v) is 2.47. The molecule has 2 N–H and O–H groups in total. The molecule has 122 valence electrons. The fraction of sp³-hybridized carbons (Fsp3) is 0.467. The summed E-state index contributed by atoms with van der Waals surface area (Å²) in [6.07, 6.45) is 1.68. The van der Waals surface area contributed by atoms with Gasteiger partial charge in [-0.3, -0.25) is 4.79 Å². The number of halogens is 1. The molecule has 0 saturated carbocycles. The first-order chi connectivity index (χ1) is 10.5. The van der Waals surface area contributed by atoms with Gasteiger partial charge >= 0.3 is 5.97 Å². The number of aliphatic carboxylic acids is 1. The van der Waals surface area contributed by atoms with Crippen LogP contribution >= 0.6 is 15.9 Å². The van der Waals surface area contributed by atoms with Gasteiger partial charge in [0.2, 0.25) is 5.91 Å². The van der Waals surface area contributed by atoms with Crippen LogP contribution in [0.3, 0.4) is 0 Å². The van der Waals surface area contributed by atoms with Gasteiger partial charge in [-0.05, 0) is 46.5 Å². The number of benzene rings is 1. The van der Waals surface area contributed by atoms with Gasteiger partial charge in [0.25, 0.3) is 0 Å². The van der Waals surface area contributed by atoms with Crippen LogP contribution in [0.2, 0.25) is 0 Å². The number of hydrogen-bond acceptors (Lipinski definition) is 4. The van der Waals surface area contributed by atoms with Crippen molar-refractivity contribution in [3.63, 3.8) is 0 Å². The minimum Gasteiger partial charge on any atom is -0.496 e. The summed E-state index contributed by atoms with van der Waals surface area (Å²) in [6.45, 7) is 0.584. The van der Waals surface area contributed by atoms with Crippen LogP contribution in [0.1, 0.15) is 30.9 Å². The van der Waals surface area contributed by atoms with Crippen molar-refractivity contribution in [2.75, 3.05) is 20.8 Å². The van der Waals surface area contributed by atoms with E-state index in [-0.39, 0.29) is 12.3 Å². The highest BCUT2D eigenvalue weighted by atomic mass is 79.9. The van der Waals surface area contributed by atoms with Gasteiger partial charge in [-0.2, -0.15) is 0 Å². The number of carboxylic acid groups (broad SMARTS) is 1. The number of carbonyl (C=O) groups is 2. The van der Waals surface area contributed by atoms with Gasteiger partial charge in [-0.1, -0.05) is 6.07 Å². The van der Waals surface area contributed by atoms with Gasteiger partial charge in [0, 0.05) is 20.1 Å². The molecular formula is C15H20BrNO5. The van der Waals surface area contributed by atoms with E-state index in [1.54, 1.807) is 25.3 Å². The Balaban J connectivity index is 2.71. The molecule has 7 heteroatoms. The van der Waals surface area contributed by atoms with Crippen molar-refractivity contribution in [2.24, 2.45) is 0 Å². The molecule has 0 aromatic heterocycles. The predicted molar refractivity (Wildman–Crippen MR) is 84.9 cm³/mol. The van der Waals surface area contributed by atoms with Crippen molar-refractivity contribution in [1.82, 2.24) is 5.32 Å². The first kappa shape index (κ1) is 18.4. The van der Waals surface area contributed by atoms with Gasteiger partial charge in [0.1, 0.15) is 5.75 Å². The number of carbonyl (C=O) groups excluding carboxylic acids is 1. The molecule has 1 rings (SSSR count). The van der Waals surface area contributed by atoms with Crippen molar-refractivity contribution in [3.05, 3.63) is 28.2 Å². The largest absolute Gasteiger partial charge is 0.496 e. The first-order valence-electron chi connectivity index (χ1n) is 6.84. The Morgan fingerprint density at radius 3 is 2.59 bits per heavy atom. The molecule has 1 amide bonds. The second-order valence-electron chi connectivity index (χ2n) is 4.68. The lowest BCUT2D eigenvalue weighted by Gasteiger charge is -2.16. The summed E-state index contributed by atoms with van der Waals surface area (Å²) >= 11 is 3.31. The molecule has 0 heterocycles. The molecule has 0 radical (unpaired) electrons. The number of methoxy groups -OCH3 is 2. The SMILES string of the molecule is COCCCCC(=O)NC(C(=O)O)c1ccc(OC)c(Br)c1. The third-order valence-electron chi connectivity index (χ3n) is 3.06. The monoisotopic (exact) mass is 373 g/mol. The third-order valence-corrected chi connectivity index (χ3v) is 3.68. The summed E-state index contributed by atoms with van der Waals surface area (Å²) in [7, 11) is 3.12. The lowest BCUT2D eigenvalue weighted by molar-refractivity contribution is -0.142. The number of hydrogen-bond donors (Lipinski definition) is 2. The number of amides is 1. The summed E-state index contributed by atoms with van der Waals surface area (Å²) in [6, 6.07) is 3.81. The predicted octanol–water partition coefficient (Wildman–Crippen LogP) is 2.52. The summed E-state index contributed by atoms with van der Waals surface area (Å²) < 4.78 is 10.6. The van der Waals surface area contributed by atoms with E-state index < -0.39 is 12.0 Å². The Labute approximate surface area is 137 Å². The van der Waals surface area contributed by atoms with Crippen LogP contribution in [0, 0.1) is 0 Å². The Kier molecular flexibility index (Phi) is 7.90.